The summed E-state index contributed by atoms with van der Waals surface area (Å²) in [5.74, 6) is -0.553. The lowest BCUT2D eigenvalue weighted by molar-refractivity contribution is 0.0728. The van der Waals surface area contributed by atoms with Crippen LogP contribution in [0.5, 0.6) is 0 Å². The van der Waals surface area contributed by atoms with Crippen molar-refractivity contribution in [2.24, 2.45) is 0 Å². The molecule has 150 valence electrons. The van der Waals surface area contributed by atoms with Crippen molar-refractivity contribution in [3.05, 3.63) is 65.5 Å². The van der Waals surface area contributed by atoms with E-state index in [1.54, 1.807) is 30.0 Å². The Labute approximate surface area is 165 Å². The van der Waals surface area contributed by atoms with Gasteiger partial charge < -0.3 is 4.90 Å². The fraction of sp³-hybridized carbons (Fsp3) is 0.381. The average molecular weight is 405 g/mol. The van der Waals surface area contributed by atoms with Crippen LogP contribution in [0, 0.1) is 5.82 Å². The van der Waals surface area contributed by atoms with Gasteiger partial charge in [0.1, 0.15) is 5.82 Å². The number of hydrogen-bond donors (Lipinski definition) is 1. The fourth-order valence-electron chi connectivity index (χ4n) is 2.92. The van der Waals surface area contributed by atoms with Gasteiger partial charge in [-0.25, -0.2) is 17.5 Å². The van der Waals surface area contributed by atoms with Crippen LogP contribution in [-0.2, 0) is 16.6 Å². The zero-order valence-corrected chi connectivity index (χ0v) is 16.9. The zero-order chi connectivity index (χ0) is 20.3. The van der Waals surface area contributed by atoms with Crippen molar-refractivity contribution < 1.29 is 17.6 Å². The summed E-state index contributed by atoms with van der Waals surface area (Å²) in [7, 11) is -3.62. The summed E-state index contributed by atoms with van der Waals surface area (Å²) < 4.78 is 41.3. The molecule has 1 aliphatic carbocycles. The SMILES string of the molecule is CCC(C)NS(=O)(=O)c1ccc(C(=O)N(Cc2ccccc2F)C2CC2)cc1. The van der Waals surface area contributed by atoms with E-state index in [0.29, 0.717) is 17.5 Å². The van der Waals surface area contributed by atoms with Gasteiger partial charge in [-0.2, -0.15) is 0 Å². The molecule has 0 heterocycles. The molecule has 1 aliphatic rings. The topological polar surface area (TPSA) is 66.5 Å². The molecule has 1 saturated carbocycles. The molecule has 0 aromatic heterocycles. The van der Waals surface area contributed by atoms with E-state index in [4.69, 9.17) is 0 Å². The molecular formula is C21H25FN2O3S. The van der Waals surface area contributed by atoms with Crippen LogP contribution < -0.4 is 4.72 Å². The van der Waals surface area contributed by atoms with Crippen molar-refractivity contribution in [3.63, 3.8) is 0 Å². The molecule has 28 heavy (non-hydrogen) atoms. The van der Waals surface area contributed by atoms with Gasteiger partial charge in [0.2, 0.25) is 10.0 Å². The number of nitrogens with one attached hydrogen (secondary N) is 1. The molecule has 0 aliphatic heterocycles. The number of rotatable bonds is 8. The first-order chi connectivity index (χ1) is 13.3. The van der Waals surface area contributed by atoms with Crippen LogP contribution in [0.25, 0.3) is 0 Å². The van der Waals surface area contributed by atoms with Crippen molar-refractivity contribution >= 4 is 15.9 Å². The molecular weight excluding hydrogens is 379 g/mol. The first-order valence-electron chi connectivity index (χ1n) is 9.48. The van der Waals surface area contributed by atoms with Gasteiger partial charge in [0.05, 0.1) is 4.90 Å². The van der Waals surface area contributed by atoms with Crippen LogP contribution >= 0.6 is 0 Å². The third-order valence-corrected chi connectivity index (χ3v) is 6.53. The monoisotopic (exact) mass is 404 g/mol. The minimum atomic E-state index is -3.62. The van der Waals surface area contributed by atoms with Gasteiger partial charge in [0.25, 0.3) is 5.91 Å². The summed E-state index contributed by atoms with van der Waals surface area (Å²) in [5.41, 5.74) is 0.866. The summed E-state index contributed by atoms with van der Waals surface area (Å²) in [6.45, 7) is 3.90. The first-order valence-corrected chi connectivity index (χ1v) is 11.0. The maximum Gasteiger partial charge on any atom is 0.254 e. The first kappa shape index (κ1) is 20.5. The maximum atomic E-state index is 14.0. The zero-order valence-electron chi connectivity index (χ0n) is 16.1. The summed E-state index contributed by atoms with van der Waals surface area (Å²) in [6.07, 6.45) is 2.47. The van der Waals surface area contributed by atoms with E-state index in [-0.39, 0.29) is 35.2 Å². The Morgan fingerprint density at radius 2 is 1.82 bits per heavy atom. The minimum absolute atomic E-state index is 0.0996. The molecule has 0 saturated heterocycles. The third kappa shape index (κ3) is 4.77. The second-order valence-corrected chi connectivity index (χ2v) is 8.92. The van der Waals surface area contributed by atoms with Gasteiger partial charge in [-0.3, -0.25) is 4.79 Å². The lowest BCUT2D eigenvalue weighted by Gasteiger charge is -2.23. The minimum Gasteiger partial charge on any atom is -0.331 e. The van der Waals surface area contributed by atoms with E-state index in [9.17, 15) is 17.6 Å². The van der Waals surface area contributed by atoms with Crippen molar-refractivity contribution in [2.75, 3.05) is 0 Å². The number of sulfonamides is 1. The van der Waals surface area contributed by atoms with E-state index in [0.717, 1.165) is 12.8 Å². The largest absolute Gasteiger partial charge is 0.331 e. The van der Waals surface area contributed by atoms with Crippen molar-refractivity contribution in [1.82, 2.24) is 9.62 Å². The molecule has 1 amide bonds. The number of halogens is 1. The number of hydrogen-bond acceptors (Lipinski definition) is 3. The average Bonchev–Trinajstić information content (AvgIpc) is 3.51. The summed E-state index contributed by atoms with van der Waals surface area (Å²) in [5, 5.41) is 0. The fourth-order valence-corrected chi connectivity index (χ4v) is 4.25. The summed E-state index contributed by atoms with van der Waals surface area (Å²) >= 11 is 0. The molecule has 5 nitrogen and oxygen atoms in total. The Balaban J connectivity index is 1.78. The molecule has 3 rings (SSSR count). The second kappa shape index (κ2) is 8.41. The quantitative estimate of drug-likeness (QED) is 0.729. The highest BCUT2D eigenvalue weighted by Crippen LogP contribution is 2.30. The number of carbonyl (C=O) groups is 1. The van der Waals surface area contributed by atoms with Crippen molar-refractivity contribution in [3.8, 4) is 0 Å². The number of carbonyl (C=O) groups excluding carboxylic acids is 1. The van der Waals surface area contributed by atoms with E-state index in [1.165, 1.54) is 30.3 Å². The lowest BCUT2D eigenvalue weighted by atomic mass is 10.1. The lowest BCUT2D eigenvalue weighted by Crippen LogP contribution is -2.33. The maximum absolute atomic E-state index is 14.0. The molecule has 0 radical (unpaired) electrons. The van der Waals surface area contributed by atoms with E-state index >= 15 is 0 Å². The van der Waals surface area contributed by atoms with Gasteiger partial charge in [0, 0.05) is 29.8 Å². The van der Waals surface area contributed by atoms with Gasteiger partial charge in [-0.1, -0.05) is 25.1 Å². The molecule has 0 bridgehead atoms. The van der Waals surface area contributed by atoms with Crippen LogP contribution in [0.1, 0.15) is 49.0 Å². The molecule has 1 N–H and O–H groups in total. The van der Waals surface area contributed by atoms with Crippen LogP contribution in [0.2, 0.25) is 0 Å². The Hall–Kier alpha value is -2.25. The molecule has 2 aromatic rings. The van der Waals surface area contributed by atoms with E-state index in [1.807, 2.05) is 6.92 Å². The predicted molar refractivity (Wildman–Crippen MR) is 106 cm³/mol. The summed E-state index contributed by atoms with van der Waals surface area (Å²) in [6, 6.07) is 12.3. The standard InChI is InChI=1S/C21H25FN2O3S/c1-3-15(2)23-28(26,27)19-12-8-16(9-13-19)21(25)24(18-10-11-18)14-17-6-4-5-7-20(17)22/h4-9,12-13,15,18,23H,3,10-11,14H2,1-2H3. The third-order valence-electron chi connectivity index (χ3n) is 4.93. The van der Waals surface area contributed by atoms with Crippen LogP contribution in [-0.4, -0.2) is 31.3 Å². The molecule has 2 aromatic carbocycles. The second-order valence-electron chi connectivity index (χ2n) is 7.21. The molecule has 1 fully saturated rings. The molecule has 0 spiro atoms. The Morgan fingerprint density at radius 1 is 1.18 bits per heavy atom. The highest BCUT2D eigenvalue weighted by atomic mass is 32.2. The van der Waals surface area contributed by atoms with Gasteiger partial charge in [-0.05, 0) is 56.5 Å². The number of amides is 1. The van der Waals surface area contributed by atoms with Gasteiger partial charge in [-0.15, -0.1) is 0 Å². The van der Waals surface area contributed by atoms with Crippen molar-refractivity contribution in [2.45, 2.75) is 56.6 Å². The number of nitrogens with zero attached hydrogens (tertiary/aromatic N) is 1. The van der Waals surface area contributed by atoms with Gasteiger partial charge in [0.15, 0.2) is 0 Å². The normalized spacial score (nSPS) is 15.2. The van der Waals surface area contributed by atoms with Crippen LogP contribution in [0.15, 0.2) is 53.4 Å². The van der Waals surface area contributed by atoms with E-state index < -0.39 is 10.0 Å². The number of benzene rings is 2. The Bertz CT molecular complexity index is 940. The molecule has 1 unspecified atom stereocenters. The van der Waals surface area contributed by atoms with Crippen LogP contribution in [0.3, 0.4) is 0 Å². The Morgan fingerprint density at radius 3 is 2.39 bits per heavy atom. The highest BCUT2D eigenvalue weighted by molar-refractivity contribution is 7.89. The molecule has 1 atom stereocenters. The predicted octanol–water partition coefficient (Wildman–Crippen LogP) is 3.71. The van der Waals surface area contributed by atoms with E-state index in [2.05, 4.69) is 4.72 Å². The molecule has 7 heteroatoms. The van der Waals surface area contributed by atoms with Crippen molar-refractivity contribution in [1.29, 1.82) is 0 Å². The smallest absolute Gasteiger partial charge is 0.254 e. The highest BCUT2D eigenvalue weighted by Gasteiger charge is 2.33. The van der Waals surface area contributed by atoms with Gasteiger partial charge >= 0.3 is 0 Å². The van der Waals surface area contributed by atoms with Crippen LogP contribution in [0.4, 0.5) is 4.39 Å². The summed E-state index contributed by atoms with van der Waals surface area (Å²) in [4.78, 5) is 14.8. The Kier molecular flexibility index (Phi) is 6.15.